The number of fused-ring (bicyclic) bond motifs is 3. The zero-order valence-electron chi connectivity index (χ0n) is 17.5. The zero-order chi connectivity index (χ0) is 21.2. The van der Waals surface area contributed by atoms with E-state index in [0.29, 0.717) is 11.5 Å². The topological polar surface area (TPSA) is 51.9 Å². The first-order chi connectivity index (χ1) is 15.2. The molecule has 2 aliphatic rings. The van der Waals surface area contributed by atoms with Gasteiger partial charge in [0.2, 0.25) is 5.88 Å². The van der Waals surface area contributed by atoms with Crippen molar-refractivity contribution in [2.24, 2.45) is 4.99 Å². The summed E-state index contributed by atoms with van der Waals surface area (Å²) in [6.07, 6.45) is 1.83. The first-order valence-electron chi connectivity index (χ1n) is 10.6. The highest BCUT2D eigenvalue weighted by atomic mass is 16.5. The molecule has 1 saturated heterocycles. The number of hydrogen-bond acceptors (Lipinski definition) is 4. The summed E-state index contributed by atoms with van der Waals surface area (Å²) in [6.45, 7) is 3.83. The number of hydrogen-bond donors (Lipinski definition) is 0. The van der Waals surface area contributed by atoms with Gasteiger partial charge in [0.15, 0.2) is 0 Å². The molecule has 0 spiro atoms. The van der Waals surface area contributed by atoms with Gasteiger partial charge < -0.3 is 14.5 Å². The van der Waals surface area contributed by atoms with Crippen LogP contribution in [0.1, 0.15) is 17.0 Å². The van der Waals surface area contributed by atoms with Crippen molar-refractivity contribution in [1.29, 1.82) is 5.26 Å². The maximum Gasteiger partial charge on any atom is 0.235 e. The Balaban J connectivity index is 1.63. The van der Waals surface area contributed by atoms with E-state index in [1.54, 1.807) is 0 Å². The second-order valence-corrected chi connectivity index (χ2v) is 8.06. The van der Waals surface area contributed by atoms with Gasteiger partial charge in [0.1, 0.15) is 17.4 Å². The van der Waals surface area contributed by atoms with Crippen LogP contribution in [0.5, 0.6) is 5.75 Å². The van der Waals surface area contributed by atoms with E-state index in [-0.39, 0.29) is 5.92 Å². The summed E-state index contributed by atoms with van der Waals surface area (Å²) in [6, 6.07) is 24.9. The van der Waals surface area contributed by atoms with Crippen LogP contribution in [0.2, 0.25) is 0 Å². The summed E-state index contributed by atoms with van der Waals surface area (Å²) in [7, 11) is 2.13. The molecule has 1 fully saturated rings. The van der Waals surface area contributed by atoms with E-state index in [4.69, 9.17) is 4.74 Å². The number of piperazine rings is 1. The molecule has 0 aliphatic carbocycles. The molecule has 3 aromatic carbocycles. The first kappa shape index (κ1) is 19.3. The van der Waals surface area contributed by atoms with E-state index >= 15 is 0 Å². The lowest BCUT2D eigenvalue weighted by Gasteiger charge is -2.31. The molecule has 0 radical (unpaired) electrons. The monoisotopic (exact) mass is 408 g/mol. The van der Waals surface area contributed by atoms with Gasteiger partial charge in [0, 0.05) is 31.7 Å². The van der Waals surface area contributed by atoms with Gasteiger partial charge in [-0.1, -0.05) is 60.7 Å². The van der Waals surface area contributed by atoms with Gasteiger partial charge in [-0.2, -0.15) is 5.26 Å². The van der Waals surface area contributed by atoms with Crippen molar-refractivity contribution in [3.05, 3.63) is 89.3 Å². The van der Waals surface area contributed by atoms with Gasteiger partial charge in [-0.25, -0.2) is 4.99 Å². The van der Waals surface area contributed by atoms with Crippen molar-refractivity contribution in [1.82, 2.24) is 9.80 Å². The number of benzene rings is 3. The summed E-state index contributed by atoms with van der Waals surface area (Å²) in [5.74, 6) is 0.927. The van der Waals surface area contributed by atoms with Crippen molar-refractivity contribution < 1.29 is 4.74 Å². The van der Waals surface area contributed by atoms with Crippen molar-refractivity contribution in [3.8, 4) is 11.8 Å². The highest BCUT2D eigenvalue weighted by molar-refractivity contribution is 5.90. The normalized spacial score (nSPS) is 19.4. The second-order valence-electron chi connectivity index (χ2n) is 8.06. The molecule has 3 aromatic rings. The van der Waals surface area contributed by atoms with Crippen molar-refractivity contribution >= 4 is 17.1 Å². The molecule has 5 nitrogen and oxygen atoms in total. The second kappa shape index (κ2) is 8.25. The molecule has 0 N–H and O–H groups in total. The molecule has 5 rings (SSSR count). The molecule has 2 aliphatic heterocycles. The van der Waals surface area contributed by atoms with Crippen LogP contribution >= 0.6 is 0 Å². The molecule has 2 heterocycles. The van der Waals surface area contributed by atoms with Gasteiger partial charge in [-0.15, -0.1) is 0 Å². The van der Waals surface area contributed by atoms with E-state index in [2.05, 4.69) is 58.2 Å². The average molecular weight is 409 g/mol. The summed E-state index contributed by atoms with van der Waals surface area (Å²) >= 11 is 0. The van der Waals surface area contributed by atoms with Crippen molar-refractivity contribution in [3.63, 3.8) is 0 Å². The maximum atomic E-state index is 10.2. The number of nitrogens with zero attached hydrogens (tertiary/aromatic N) is 4. The number of rotatable bonds is 3. The summed E-state index contributed by atoms with van der Waals surface area (Å²) < 4.78 is 6.23. The minimum Gasteiger partial charge on any atom is -0.438 e. The van der Waals surface area contributed by atoms with Crippen molar-refractivity contribution in [2.45, 2.75) is 5.92 Å². The van der Waals surface area contributed by atoms with Crippen LogP contribution in [-0.4, -0.2) is 49.4 Å². The Bertz CT molecular complexity index is 1200. The molecule has 0 bridgehead atoms. The number of aliphatic imine (C=N–C) groups is 1. The fourth-order valence-corrected chi connectivity index (χ4v) is 4.35. The lowest BCUT2D eigenvalue weighted by atomic mass is 9.81. The fourth-order valence-electron chi connectivity index (χ4n) is 4.35. The number of likely N-dealkylation sites (N-methyl/N-ethyl adjacent to an activating group) is 1. The summed E-state index contributed by atoms with van der Waals surface area (Å²) in [5.41, 5.74) is 2.63. The molecule has 31 heavy (non-hydrogen) atoms. The van der Waals surface area contributed by atoms with Gasteiger partial charge in [0.25, 0.3) is 0 Å². The van der Waals surface area contributed by atoms with E-state index in [1.165, 1.54) is 0 Å². The highest BCUT2D eigenvalue weighted by Crippen LogP contribution is 2.46. The first-order valence-corrected chi connectivity index (χ1v) is 10.6. The van der Waals surface area contributed by atoms with E-state index in [9.17, 15) is 5.26 Å². The molecule has 1 unspecified atom stereocenters. The largest absolute Gasteiger partial charge is 0.438 e. The Kier molecular flexibility index (Phi) is 5.15. The Labute approximate surface area is 182 Å². The average Bonchev–Trinajstić information content (AvgIpc) is 2.83. The Morgan fingerprint density at radius 2 is 1.71 bits per heavy atom. The smallest absolute Gasteiger partial charge is 0.235 e. The highest BCUT2D eigenvalue weighted by Gasteiger charge is 2.33. The van der Waals surface area contributed by atoms with Gasteiger partial charge in [-0.05, 0) is 29.4 Å². The maximum absolute atomic E-state index is 10.2. The van der Waals surface area contributed by atoms with Crippen LogP contribution in [0, 0.1) is 11.3 Å². The van der Waals surface area contributed by atoms with Crippen LogP contribution in [-0.2, 0) is 0 Å². The van der Waals surface area contributed by atoms with Crippen LogP contribution < -0.4 is 4.74 Å². The van der Waals surface area contributed by atoms with Gasteiger partial charge >= 0.3 is 0 Å². The van der Waals surface area contributed by atoms with Crippen LogP contribution in [0.15, 0.2) is 83.2 Å². The fraction of sp³-hybridized carbons (Fsp3) is 0.231. The van der Waals surface area contributed by atoms with E-state index in [1.807, 2.05) is 42.7 Å². The quantitative estimate of drug-likeness (QED) is 0.477. The molecule has 1 atom stereocenters. The zero-order valence-corrected chi connectivity index (χ0v) is 17.5. The Hall–Kier alpha value is -3.62. The van der Waals surface area contributed by atoms with Crippen LogP contribution in [0.4, 0.5) is 0 Å². The molecular formula is C26H24N4O. The van der Waals surface area contributed by atoms with Crippen LogP contribution in [0.25, 0.3) is 10.8 Å². The molecule has 0 saturated carbocycles. The predicted molar refractivity (Wildman–Crippen MR) is 123 cm³/mol. The minimum atomic E-state index is -0.222. The summed E-state index contributed by atoms with van der Waals surface area (Å²) in [4.78, 5) is 9.14. The third-order valence-corrected chi connectivity index (χ3v) is 6.07. The predicted octanol–water partition coefficient (Wildman–Crippen LogP) is 4.37. The van der Waals surface area contributed by atoms with Gasteiger partial charge in [0.05, 0.1) is 12.3 Å². The number of ether oxygens (including phenoxy) is 1. The lowest BCUT2D eigenvalue weighted by Crippen LogP contribution is -2.43. The molecule has 154 valence electrons. The summed E-state index contributed by atoms with van der Waals surface area (Å²) in [5, 5.41) is 12.4. The third-order valence-electron chi connectivity index (χ3n) is 6.07. The standard InChI is InChI=1S/C26H24N4O/c1-29-13-15-30(16-14-29)18-28-26-22(17-27)24(20-8-3-2-4-9-20)25-21-10-6-5-7-19(21)11-12-23(25)31-26/h2-12,18,24H,13-16H2,1H3. The van der Waals surface area contributed by atoms with Gasteiger partial charge in [-0.3, -0.25) is 0 Å². The number of nitriles is 1. The number of allylic oxidation sites excluding steroid dienone is 1. The molecular weight excluding hydrogens is 384 g/mol. The lowest BCUT2D eigenvalue weighted by molar-refractivity contribution is 0.219. The molecule has 5 heteroatoms. The van der Waals surface area contributed by atoms with E-state index in [0.717, 1.165) is 53.8 Å². The molecule has 0 aromatic heterocycles. The van der Waals surface area contributed by atoms with Crippen molar-refractivity contribution in [2.75, 3.05) is 33.2 Å². The molecule has 0 amide bonds. The minimum absolute atomic E-state index is 0.222. The van der Waals surface area contributed by atoms with E-state index < -0.39 is 0 Å². The Morgan fingerprint density at radius 1 is 0.968 bits per heavy atom. The Morgan fingerprint density at radius 3 is 2.48 bits per heavy atom. The third kappa shape index (κ3) is 3.67. The van der Waals surface area contributed by atoms with Crippen LogP contribution in [0.3, 0.4) is 0 Å². The SMILES string of the molecule is CN1CCN(C=NC2=C(C#N)C(c3ccccc3)c3c(ccc4ccccc34)O2)CC1.